The van der Waals surface area contributed by atoms with Gasteiger partial charge >= 0.3 is 0 Å². The van der Waals surface area contributed by atoms with Crippen LogP contribution in [0.15, 0.2) is 18.2 Å². The maximum absolute atomic E-state index is 5.69. The quantitative estimate of drug-likeness (QED) is 0.873. The number of nitrogens with one attached hydrogen (secondary N) is 2. The first-order valence-electron chi connectivity index (χ1n) is 9.11. The first-order valence-corrected chi connectivity index (χ1v) is 9.11. The Morgan fingerprint density at radius 3 is 2.83 bits per heavy atom. The largest absolute Gasteiger partial charge is 0.486 e. The highest BCUT2D eigenvalue weighted by atomic mass is 16.6. The highest BCUT2D eigenvalue weighted by molar-refractivity contribution is 5.44. The summed E-state index contributed by atoms with van der Waals surface area (Å²) in [6.07, 6.45) is 6.56. The molecule has 23 heavy (non-hydrogen) atoms. The van der Waals surface area contributed by atoms with E-state index < -0.39 is 0 Å². The van der Waals surface area contributed by atoms with Crippen LogP contribution in [0.2, 0.25) is 0 Å². The van der Waals surface area contributed by atoms with Gasteiger partial charge in [0.1, 0.15) is 13.2 Å². The molecule has 0 aromatic heterocycles. The van der Waals surface area contributed by atoms with Crippen LogP contribution in [0.5, 0.6) is 11.5 Å². The van der Waals surface area contributed by atoms with Crippen LogP contribution >= 0.6 is 0 Å². The van der Waals surface area contributed by atoms with Crippen LogP contribution in [0.1, 0.15) is 57.6 Å². The fraction of sp³-hybridized carbons (Fsp3) is 0.684. The molecular formula is C19H30N2O2. The van der Waals surface area contributed by atoms with Crippen molar-refractivity contribution < 1.29 is 9.47 Å². The van der Waals surface area contributed by atoms with E-state index in [-0.39, 0.29) is 0 Å². The van der Waals surface area contributed by atoms with Crippen molar-refractivity contribution in [2.75, 3.05) is 19.8 Å². The Balaban J connectivity index is 1.54. The Kier molecular flexibility index (Phi) is 5.79. The minimum Gasteiger partial charge on any atom is -0.486 e. The lowest BCUT2D eigenvalue weighted by atomic mass is 10.0. The third-order valence-electron chi connectivity index (χ3n) is 4.90. The van der Waals surface area contributed by atoms with Gasteiger partial charge < -0.3 is 20.1 Å². The predicted molar refractivity (Wildman–Crippen MR) is 93.3 cm³/mol. The van der Waals surface area contributed by atoms with Crippen molar-refractivity contribution in [3.63, 3.8) is 0 Å². The van der Waals surface area contributed by atoms with Gasteiger partial charge in [-0.15, -0.1) is 0 Å². The molecule has 1 fully saturated rings. The zero-order valence-electron chi connectivity index (χ0n) is 14.4. The molecule has 2 aliphatic heterocycles. The van der Waals surface area contributed by atoms with E-state index in [4.69, 9.17) is 9.47 Å². The van der Waals surface area contributed by atoms with E-state index in [0.717, 1.165) is 11.5 Å². The standard InChI is InChI=1S/C19H30N2O2/c1-14(12-17-6-4-3-5-9-20-17)21-15(2)16-7-8-18-19(13-16)23-11-10-22-18/h7-8,13-15,17,20-21H,3-6,9-12H2,1-2H3. The molecule has 0 spiro atoms. The average Bonchev–Trinajstić information content (AvgIpc) is 2.83. The van der Waals surface area contributed by atoms with Crippen LogP contribution in [-0.2, 0) is 0 Å². The minimum absolute atomic E-state index is 0.312. The molecule has 128 valence electrons. The number of benzene rings is 1. The molecule has 1 aromatic carbocycles. The van der Waals surface area contributed by atoms with Crippen molar-refractivity contribution in [1.29, 1.82) is 0 Å². The number of hydrogen-bond acceptors (Lipinski definition) is 4. The number of fused-ring (bicyclic) bond motifs is 1. The van der Waals surface area contributed by atoms with Gasteiger partial charge in [-0.25, -0.2) is 0 Å². The maximum atomic E-state index is 5.69. The Morgan fingerprint density at radius 1 is 1.13 bits per heavy atom. The van der Waals surface area contributed by atoms with Crippen LogP contribution in [0.3, 0.4) is 0 Å². The molecule has 1 aromatic rings. The third kappa shape index (κ3) is 4.61. The van der Waals surface area contributed by atoms with Crippen molar-refractivity contribution in [3.05, 3.63) is 23.8 Å². The van der Waals surface area contributed by atoms with Crippen molar-refractivity contribution in [2.45, 2.75) is 64.1 Å². The van der Waals surface area contributed by atoms with Crippen molar-refractivity contribution in [3.8, 4) is 11.5 Å². The molecule has 1 saturated heterocycles. The summed E-state index contributed by atoms with van der Waals surface area (Å²) in [7, 11) is 0. The Hall–Kier alpha value is -1.26. The first kappa shape index (κ1) is 16.6. The molecule has 4 heteroatoms. The maximum Gasteiger partial charge on any atom is 0.161 e. The lowest BCUT2D eigenvalue weighted by molar-refractivity contribution is 0.171. The normalized spacial score (nSPS) is 23.8. The van der Waals surface area contributed by atoms with Crippen molar-refractivity contribution in [2.24, 2.45) is 0 Å². The summed E-state index contributed by atoms with van der Waals surface area (Å²) in [6, 6.07) is 7.75. The van der Waals surface area contributed by atoms with Gasteiger partial charge in [0.15, 0.2) is 11.5 Å². The second-order valence-corrected chi connectivity index (χ2v) is 6.93. The molecule has 2 aliphatic rings. The molecule has 0 bridgehead atoms. The first-order chi connectivity index (χ1) is 11.2. The van der Waals surface area contributed by atoms with E-state index in [1.54, 1.807) is 0 Å². The molecule has 3 rings (SSSR count). The van der Waals surface area contributed by atoms with E-state index in [2.05, 4.69) is 36.6 Å². The molecular weight excluding hydrogens is 288 g/mol. The molecule has 3 atom stereocenters. The third-order valence-corrected chi connectivity index (χ3v) is 4.90. The highest BCUT2D eigenvalue weighted by Gasteiger charge is 2.18. The summed E-state index contributed by atoms with van der Waals surface area (Å²) < 4.78 is 11.3. The highest BCUT2D eigenvalue weighted by Crippen LogP contribution is 2.32. The molecule has 0 saturated carbocycles. The summed E-state index contributed by atoms with van der Waals surface area (Å²) in [4.78, 5) is 0. The number of rotatable bonds is 5. The van der Waals surface area contributed by atoms with E-state index in [1.807, 2.05) is 6.07 Å². The molecule has 4 nitrogen and oxygen atoms in total. The summed E-state index contributed by atoms with van der Waals surface area (Å²) >= 11 is 0. The minimum atomic E-state index is 0.312. The molecule has 0 amide bonds. The Bertz CT molecular complexity index is 498. The van der Waals surface area contributed by atoms with Gasteiger partial charge in [-0.05, 0) is 57.4 Å². The molecule has 3 unspecified atom stereocenters. The molecule has 2 N–H and O–H groups in total. The Labute approximate surface area is 139 Å². The van der Waals surface area contributed by atoms with Crippen LogP contribution in [0.4, 0.5) is 0 Å². The topological polar surface area (TPSA) is 42.5 Å². The second kappa shape index (κ2) is 8.02. The lowest BCUT2D eigenvalue weighted by Gasteiger charge is -2.26. The summed E-state index contributed by atoms with van der Waals surface area (Å²) in [5.41, 5.74) is 1.26. The summed E-state index contributed by atoms with van der Waals surface area (Å²) in [6.45, 7) is 6.98. The van der Waals surface area contributed by atoms with E-state index >= 15 is 0 Å². The van der Waals surface area contributed by atoms with Gasteiger partial charge in [0, 0.05) is 18.1 Å². The molecule has 0 aliphatic carbocycles. The fourth-order valence-corrected chi connectivity index (χ4v) is 3.65. The monoisotopic (exact) mass is 318 g/mol. The SMILES string of the molecule is CC(CC1CCCCCN1)NC(C)c1ccc2c(c1)OCCO2. The smallest absolute Gasteiger partial charge is 0.161 e. The zero-order valence-corrected chi connectivity index (χ0v) is 14.4. The van der Waals surface area contributed by atoms with Crippen LogP contribution in [0, 0.1) is 0 Å². The second-order valence-electron chi connectivity index (χ2n) is 6.93. The van der Waals surface area contributed by atoms with Gasteiger partial charge in [0.05, 0.1) is 0 Å². The van der Waals surface area contributed by atoms with Crippen molar-refractivity contribution >= 4 is 0 Å². The molecule has 0 radical (unpaired) electrons. The van der Waals surface area contributed by atoms with Crippen molar-refractivity contribution in [1.82, 2.24) is 10.6 Å². The average molecular weight is 318 g/mol. The van der Waals surface area contributed by atoms with Crippen LogP contribution < -0.4 is 20.1 Å². The van der Waals surface area contributed by atoms with Gasteiger partial charge in [-0.3, -0.25) is 0 Å². The van der Waals surface area contributed by atoms with E-state index in [9.17, 15) is 0 Å². The zero-order chi connectivity index (χ0) is 16.1. The van der Waals surface area contributed by atoms with Crippen LogP contribution in [-0.4, -0.2) is 31.8 Å². The van der Waals surface area contributed by atoms with Gasteiger partial charge in [-0.2, -0.15) is 0 Å². The van der Waals surface area contributed by atoms with E-state index in [1.165, 1.54) is 44.2 Å². The van der Waals surface area contributed by atoms with Gasteiger partial charge in [0.25, 0.3) is 0 Å². The summed E-state index contributed by atoms with van der Waals surface area (Å²) in [5, 5.41) is 7.42. The number of hydrogen-bond donors (Lipinski definition) is 2. The Morgan fingerprint density at radius 2 is 1.96 bits per heavy atom. The fourth-order valence-electron chi connectivity index (χ4n) is 3.65. The molecule has 2 heterocycles. The predicted octanol–water partition coefficient (Wildman–Crippen LogP) is 3.42. The van der Waals surface area contributed by atoms with E-state index in [0.29, 0.717) is 31.3 Å². The van der Waals surface area contributed by atoms with Crippen LogP contribution in [0.25, 0.3) is 0 Å². The van der Waals surface area contributed by atoms with Gasteiger partial charge in [0.2, 0.25) is 0 Å². The lowest BCUT2D eigenvalue weighted by Crippen LogP contribution is -2.37. The van der Waals surface area contributed by atoms with Gasteiger partial charge in [-0.1, -0.05) is 18.9 Å². The number of ether oxygens (including phenoxy) is 2. The summed E-state index contributed by atoms with van der Waals surface area (Å²) in [5.74, 6) is 1.74.